The lowest BCUT2D eigenvalue weighted by atomic mass is 9.89. The van der Waals surface area contributed by atoms with Crippen LogP contribution >= 0.6 is 11.8 Å². The highest BCUT2D eigenvalue weighted by Crippen LogP contribution is 2.42. The number of thioether (sulfide) groups is 1. The number of rotatable bonds is 5. The molecule has 1 aromatic carbocycles. The molecule has 2 aliphatic heterocycles. The Bertz CT molecular complexity index is 955. The standard InChI is InChI=1S/C19H24N4O4S2/c24-17(13-4-2-1-3-5-13)20-8-9-21-18(25)14-6-7-15-16(12-14)28-19-22-29(26,27)11-10-23(15)19/h6-7,12-13H,1-5,8-11H2,(H,20,24)(H,21,25). The summed E-state index contributed by atoms with van der Waals surface area (Å²) >= 11 is 1.26. The van der Waals surface area contributed by atoms with Crippen molar-refractivity contribution in [2.24, 2.45) is 10.3 Å². The lowest BCUT2D eigenvalue weighted by Gasteiger charge is -2.22. The zero-order chi connectivity index (χ0) is 20.4. The number of hydrogen-bond donors (Lipinski definition) is 2. The third kappa shape index (κ3) is 4.58. The van der Waals surface area contributed by atoms with Crippen LogP contribution in [0.15, 0.2) is 27.5 Å². The molecule has 10 heteroatoms. The summed E-state index contributed by atoms with van der Waals surface area (Å²) in [5, 5.41) is 6.17. The molecule has 0 unspecified atom stereocenters. The van der Waals surface area contributed by atoms with E-state index < -0.39 is 10.0 Å². The lowest BCUT2D eigenvalue weighted by molar-refractivity contribution is -0.125. The molecule has 8 nitrogen and oxygen atoms in total. The van der Waals surface area contributed by atoms with Gasteiger partial charge in [-0.2, -0.15) is 0 Å². The van der Waals surface area contributed by atoms with Gasteiger partial charge in [0.05, 0.1) is 11.4 Å². The zero-order valence-electron chi connectivity index (χ0n) is 16.0. The average Bonchev–Trinajstić information content (AvgIpc) is 3.06. The van der Waals surface area contributed by atoms with Crippen LogP contribution in [0.5, 0.6) is 0 Å². The van der Waals surface area contributed by atoms with Crippen molar-refractivity contribution >= 4 is 44.5 Å². The van der Waals surface area contributed by atoms with Crippen LogP contribution < -0.4 is 15.5 Å². The summed E-state index contributed by atoms with van der Waals surface area (Å²) in [7, 11) is -3.40. The van der Waals surface area contributed by atoms with Crippen molar-refractivity contribution in [1.29, 1.82) is 0 Å². The molecule has 2 N–H and O–H groups in total. The van der Waals surface area contributed by atoms with Crippen molar-refractivity contribution in [3.05, 3.63) is 23.8 Å². The molecule has 0 atom stereocenters. The molecule has 156 valence electrons. The predicted molar refractivity (Wildman–Crippen MR) is 113 cm³/mol. The minimum atomic E-state index is -3.40. The van der Waals surface area contributed by atoms with Crippen LogP contribution in [0.2, 0.25) is 0 Å². The molecule has 0 bridgehead atoms. The molecule has 0 radical (unpaired) electrons. The monoisotopic (exact) mass is 436 g/mol. The second kappa shape index (κ2) is 8.35. The molecular weight excluding hydrogens is 412 g/mol. The molecule has 0 spiro atoms. The average molecular weight is 437 g/mol. The van der Waals surface area contributed by atoms with E-state index in [2.05, 4.69) is 15.0 Å². The van der Waals surface area contributed by atoms with E-state index in [0.717, 1.165) is 36.3 Å². The lowest BCUT2D eigenvalue weighted by Crippen LogP contribution is -2.38. The second-order valence-electron chi connectivity index (χ2n) is 7.48. The number of hydrogen-bond acceptors (Lipinski definition) is 6. The van der Waals surface area contributed by atoms with E-state index in [9.17, 15) is 18.0 Å². The number of nitrogens with one attached hydrogen (secondary N) is 2. The first-order valence-electron chi connectivity index (χ1n) is 9.91. The van der Waals surface area contributed by atoms with Gasteiger partial charge in [-0.05, 0) is 42.8 Å². The highest BCUT2D eigenvalue weighted by atomic mass is 32.2. The molecule has 2 amide bonds. The summed E-state index contributed by atoms with van der Waals surface area (Å²) in [4.78, 5) is 27.2. The van der Waals surface area contributed by atoms with Crippen LogP contribution in [-0.2, 0) is 14.8 Å². The van der Waals surface area contributed by atoms with Gasteiger partial charge < -0.3 is 15.5 Å². The summed E-state index contributed by atoms with van der Waals surface area (Å²) < 4.78 is 27.2. The highest BCUT2D eigenvalue weighted by Gasteiger charge is 2.33. The van der Waals surface area contributed by atoms with E-state index in [1.807, 2.05) is 11.0 Å². The largest absolute Gasteiger partial charge is 0.354 e. The highest BCUT2D eigenvalue weighted by molar-refractivity contribution is 8.15. The quantitative estimate of drug-likeness (QED) is 0.681. The van der Waals surface area contributed by atoms with Gasteiger partial charge in [0.2, 0.25) is 5.91 Å². The van der Waals surface area contributed by atoms with Crippen LogP contribution in [0, 0.1) is 5.92 Å². The Morgan fingerprint density at radius 2 is 1.90 bits per heavy atom. The van der Waals surface area contributed by atoms with Gasteiger partial charge in [0.25, 0.3) is 15.9 Å². The Morgan fingerprint density at radius 1 is 1.14 bits per heavy atom. The van der Waals surface area contributed by atoms with Gasteiger partial charge in [0.1, 0.15) is 0 Å². The Morgan fingerprint density at radius 3 is 2.69 bits per heavy atom. The van der Waals surface area contributed by atoms with Crippen LogP contribution in [0.1, 0.15) is 42.5 Å². The van der Waals surface area contributed by atoms with E-state index in [0.29, 0.717) is 30.4 Å². The first-order valence-corrected chi connectivity index (χ1v) is 12.3. The van der Waals surface area contributed by atoms with E-state index >= 15 is 0 Å². The van der Waals surface area contributed by atoms with Crippen LogP contribution in [0.3, 0.4) is 0 Å². The molecule has 1 saturated carbocycles. The van der Waals surface area contributed by atoms with Gasteiger partial charge in [-0.15, -0.1) is 4.40 Å². The fourth-order valence-corrected chi connectivity index (χ4v) is 6.14. The number of fused-ring (bicyclic) bond motifs is 3. The van der Waals surface area contributed by atoms with Crippen LogP contribution in [-0.4, -0.2) is 50.8 Å². The molecule has 1 aliphatic carbocycles. The number of nitrogens with zero attached hydrogens (tertiary/aromatic N) is 2. The number of amidine groups is 1. The molecule has 3 aliphatic rings. The number of carbonyl (C=O) groups is 2. The Balaban J connectivity index is 1.30. The number of sulfonamides is 1. The maximum atomic E-state index is 12.4. The van der Waals surface area contributed by atoms with Crippen molar-refractivity contribution < 1.29 is 18.0 Å². The summed E-state index contributed by atoms with van der Waals surface area (Å²) in [6, 6.07) is 5.30. The molecule has 29 heavy (non-hydrogen) atoms. The molecule has 4 rings (SSSR count). The van der Waals surface area contributed by atoms with Gasteiger partial charge >= 0.3 is 0 Å². The van der Waals surface area contributed by atoms with Crippen molar-refractivity contribution in [3.8, 4) is 0 Å². The number of carbonyl (C=O) groups excluding carboxylic acids is 2. The summed E-state index contributed by atoms with van der Waals surface area (Å²) in [5.74, 6) is -0.0378. The van der Waals surface area contributed by atoms with Gasteiger partial charge in [-0.1, -0.05) is 19.3 Å². The molecule has 2 heterocycles. The maximum absolute atomic E-state index is 12.4. The molecule has 0 saturated heterocycles. The summed E-state index contributed by atoms with van der Waals surface area (Å²) in [6.07, 6.45) is 5.34. The van der Waals surface area contributed by atoms with E-state index in [4.69, 9.17) is 0 Å². The Labute approximate surface area is 174 Å². The molecule has 0 aromatic heterocycles. The zero-order valence-corrected chi connectivity index (χ0v) is 17.7. The smallest absolute Gasteiger partial charge is 0.257 e. The third-order valence-electron chi connectivity index (χ3n) is 5.42. The number of anilines is 1. The maximum Gasteiger partial charge on any atom is 0.257 e. The summed E-state index contributed by atoms with van der Waals surface area (Å²) in [6.45, 7) is 1.13. The minimum absolute atomic E-state index is 0.00862. The predicted octanol–water partition coefficient (Wildman–Crippen LogP) is 1.72. The number of amides is 2. The topological polar surface area (TPSA) is 108 Å². The minimum Gasteiger partial charge on any atom is -0.354 e. The Hall–Kier alpha value is -2.07. The molecular formula is C19H24N4O4S2. The summed E-state index contributed by atoms with van der Waals surface area (Å²) in [5.41, 5.74) is 1.37. The van der Waals surface area contributed by atoms with Gasteiger partial charge in [-0.3, -0.25) is 9.59 Å². The van der Waals surface area contributed by atoms with Crippen LogP contribution in [0.25, 0.3) is 0 Å². The third-order valence-corrected chi connectivity index (χ3v) is 7.73. The van der Waals surface area contributed by atoms with E-state index in [1.54, 1.807) is 12.1 Å². The second-order valence-corrected chi connectivity index (χ2v) is 10.2. The normalized spacial score (nSPS) is 20.4. The van der Waals surface area contributed by atoms with Crippen molar-refractivity contribution in [2.75, 3.05) is 30.3 Å². The molecule has 1 aromatic rings. The van der Waals surface area contributed by atoms with Crippen molar-refractivity contribution in [2.45, 2.75) is 37.0 Å². The van der Waals surface area contributed by atoms with Crippen molar-refractivity contribution in [3.63, 3.8) is 0 Å². The first kappa shape index (κ1) is 20.2. The van der Waals surface area contributed by atoms with Gasteiger partial charge in [0, 0.05) is 36.0 Å². The molecule has 1 fully saturated rings. The van der Waals surface area contributed by atoms with Crippen molar-refractivity contribution in [1.82, 2.24) is 10.6 Å². The Kier molecular flexibility index (Phi) is 5.82. The van der Waals surface area contributed by atoms with Crippen LogP contribution in [0.4, 0.5) is 5.69 Å². The SMILES string of the molecule is O=C(NCCNC(=O)C1CCCCC1)c1ccc2c(c1)SC1=NS(=O)(=O)CCN12. The number of benzene rings is 1. The van der Waals surface area contributed by atoms with Gasteiger partial charge in [0.15, 0.2) is 5.17 Å². The fourth-order valence-electron chi connectivity index (χ4n) is 3.84. The first-order chi connectivity index (χ1) is 13.9. The fraction of sp³-hybridized carbons (Fsp3) is 0.526. The van der Waals surface area contributed by atoms with E-state index in [1.165, 1.54) is 18.2 Å². The van der Waals surface area contributed by atoms with Gasteiger partial charge in [-0.25, -0.2) is 8.42 Å². The van der Waals surface area contributed by atoms with E-state index in [-0.39, 0.29) is 23.5 Å².